The second-order valence-corrected chi connectivity index (χ2v) is 8.16. The molecule has 4 rings (SSSR count). The highest BCUT2D eigenvalue weighted by Crippen LogP contribution is 2.27. The van der Waals surface area contributed by atoms with Gasteiger partial charge in [-0.15, -0.1) is 0 Å². The van der Waals surface area contributed by atoms with E-state index in [9.17, 15) is 9.59 Å². The summed E-state index contributed by atoms with van der Waals surface area (Å²) in [6.07, 6.45) is 3.08. The lowest BCUT2D eigenvalue weighted by atomic mass is 10.1. The lowest BCUT2D eigenvalue weighted by molar-refractivity contribution is -0.122. The number of carbonyl (C=O) groups excluding carboxylic acids is 2. The molecule has 35 heavy (non-hydrogen) atoms. The third-order valence-electron chi connectivity index (χ3n) is 4.83. The molecule has 0 aliphatic carbocycles. The van der Waals surface area contributed by atoms with Crippen molar-refractivity contribution in [3.05, 3.63) is 109 Å². The van der Waals surface area contributed by atoms with Gasteiger partial charge in [0, 0.05) is 26.4 Å². The van der Waals surface area contributed by atoms with Crippen molar-refractivity contribution in [2.75, 3.05) is 19.0 Å². The standard InChI is InChI=1S/C27H23N3O4S/c1-29(2)18-23(34-21-11-7-4-8-12-21)17-24-25(31)28-27(35)30(26(24)32)19-13-15-22(16-14-19)33-20-9-5-3-6-10-20/h3-18H,1-2H3,(H,28,31,35). The van der Waals surface area contributed by atoms with Crippen LogP contribution in [0, 0.1) is 0 Å². The van der Waals surface area contributed by atoms with Gasteiger partial charge >= 0.3 is 0 Å². The normalized spacial score (nSPS) is 15.1. The van der Waals surface area contributed by atoms with Crippen molar-refractivity contribution in [1.29, 1.82) is 0 Å². The van der Waals surface area contributed by atoms with Gasteiger partial charge < -0.3 is 14.4 Å². The number of rotatable bonds is 7. The van der Waals surface area contributed by atoms with E-state index in [1.165, 1.54) is 11.0 Å². The van der Waals surface area contributed by atoms with E-state index in [0.717, 1.165) is 0 Å². The van der Waals surface area contributed by atoms with E-state index in [4.69, 9.17) is 21.7 Å². The Morgan fingerprint density at radius 3 is 2.03 bits per heavy atom. The molecule has 1 N–H and O–H groups in total. The van der Waals surface area contributed by atoms with Crippen LogP contribution in [0.5, 0.6) is 17.2 Å². The number of nitrogens with one attached hydrogen (secondary N) is 1. The van der Waals surface area contributed by atoms with Crippen molar-refractivity contribution < 1.29 is 19.1 Å². The molecule has 0 aromatic heterocycles. The number of hydrogen-bond donors (Lipinski definition) is 1. The molecule has 1 saturated heterocycles. The molecule has 0 atom stereocenters. The predicted molar refractivity (Wildman–Crippen MR) is 138 cm³/mol. The molecule has 3 aromatic carbocycles. The summed E-state index contributed by atoms with van der Waals surface area (Å²) in [6.45, 7) is 0. The van der Waals surface area contributed by atoms with E-state index in [-0.39, 0.29) is 10.7 Å². The number of ether oxygens (including phenoxy) is 2. The molecule has 0 bridgehead atoms. The number of benzene rings is 3. The second-order valence-electron chi connectivity index (χ2n) is 7.78. The molecule has 2 amide bonds. The van der Waals surface area contributed by atoms with Crippen LogP contribution in [0.4, 0.5) is 5.69 Å². The molecule has 7 nitrogen and oxygen atoms in total. The van der Waals surface area contributed by atoms with Crippen molar-refractivity contribution in [2.45, 2.75) is 0 Å². The van der Waals surface area contributed by atoms with Gasteiger partial charge in [0.15, 0.2) is 5.11 Å². The van der Waals surface area contributed by atoms with Gasteiger partial charge in [0.25, 0.3) is 11.8 Å². The Morgan fingerprint density at radius 1 is 0.857 bits per heavy atom. The van der Waals surface area contributed by atoms with E-state index < -0.39 is 11.8 Å². The number of thiocarbonyl (C=S) groups is 1. The summed E-state index contributed by atoms with van der Waals surface area (Å²) in [7, 11) is 3.63. The van der Waals surface area contributed by atoms with E-state index in [0.29, 0.717) is 28.7 Å². The van der Waals surface area contributed by atoms with Crippen LogP contribution < -0.4 is 19.7 Å². The minimum absolute atomic E-state index is 0.00371. The Hall–Kier alpha value is -4.43. The molecule has 1 aliphatic rings. The Labute approximate surface area is 208 Å². The molecule has 0 spiro atoms. The number of carbonyl (C=O) groups is 2. The minimum Gasteiger partial charge on any atom is -0.457 e. The van der Waals surface area contributed by atoms with Gasteiger partial charge in [-0.1, -0.05) is 36.4 Å². The van der Waals surface area contributed by atoms with E-state index in [1.54, 1.807) is 47.5 Å². The Balaban J connectivity index is 1.60. The van der Waals surface area contributed by atoms with Crippen molar-refractivity contribution in [3.63, 3.8) is 0 Å². The second kappa shape index (κ2) is 10.7. The smallest absolute Gasteiger partial charge is 0.270 e. The summed E-state index contributed by atoms with van der Waals surface area (Å²) in [4.78, 5) is 29.1. The maximum absolute atomic E-state index is 13.4. The summed E-state index contributed by atoms with van der Waals surface area (Å²) >= 11 is 5.30. The quantitative estimate of drug-likeness (QED) is 0.228. The van der Waals surface area contributed by atoms with Gasteiger partial charge in [-0.2, -0.15) is 0 Å². The van der Waals surface area contributed by atoms with Crippen LogP contribution in [0.25, 0.3) is 0 Å². The van der Waals surface area contributed by atoms with Gasteiger partial charge in [0.2, 0.25) is 0 Å². The molecule has 0 unspecified atom stereocenters. The number of nitrogens with zero attached hydrogens (tertiary/aromatic N) is 2. The molecule has 1 fully saturated rings. The highest BCUT2D eigenvalue weighted by Gasteiger charge is 2.35. The summed E-state index contributed by atoms with van der Waals surface area (Å²) in [5, 5.41) is 2.58. The highest BCUT2D eigenvalue weighted by molar-refractivity contribution is 7.80. The maximum Gasteiger partial charge on any atom is 0.270 e. The van der Waals surface area contributed by atoms with Crippen LogP contribution in [0.2, 0.25) is 0 Å². The largest absolute Gasteiger partial charge is 0.457 e. The lowest BCUT2D eigenvalue weighted by Gasteiger charge is -2.29. The molecule has 3 aromatic rings. The van der Waals surface area contributed by atoms with Crippen LogP contribution in [0.1, 0.15) is 0 Å². The van der Waals surface area contributed by atoms with Crippen LogP contribution in [-0.4, -0.2) is 35.9 Å². The molecule has 1 aliphatic heterocycles. The third-order valence-corrected chi connectivity index (χ3v) is 5.11. The number of amides is 2. The van der Waals surface area contributed by atoms with Crippen molar-refractivity contribution >= 4 is 34.8 Å². The van der Waals surface area contributed by atoms with Gasteiger partial charge in [-0.25, -0.2) is 0 Å². The average Bonchev–Trinajstić information content (AvgIpc) is 2.83. The molecular formula is C27H23N3O4S. The van der Waals surface area contributed by atoms with Crippen LogP contribution in [0.3, 0.4) is 0 Å². The Bertz CT molecular complexity index is 1290. The van der Waals surface area contributed by atoms with Crippen molar-refractivity contribution in [2.24, 2.45) is 0 Å². The summed E-state index contributed by atoms with van der Waals surface area (Å²) < 4.78 is 11.7. The van der Waals surface area contributed by atoms with Gasteiger partial charge in [0.05, 0.1) is 5.69 Å². The fourth-order valence-corrected chi connectivity index (χ4v) is 3.58. The van der Waals surface area contributed by atoms with E-state index in [1.807, 2.05) is 62.6 Å². The number of hydrogen-bond acceptors (Lipinski definition) is 6. The topological polar surface area (TPSA) is 71.1 Å². The molecule has 176 valence electrons. The molecule has 1 heterocycles. The molecule has 8 heteroatoms. The Kier molecular flexibility index (Phi) is 7.23. The monoisotopic (exact) mass is 485 g/mol. The number of anilines is 1. The Morgan fingerprint density at radius 2 is 1.43 bits per heavy atom. The van der Waals surface area contributed by atoms with Crippen LogP contribution >= 0.6 is 12.2 Å². The predicted octanol–water partition coefficient (Wildman–Crippen LogP) is 4.64. The SMILES string of the molecule is CN(C)C=C(C=C1C(=O)NC(=S)N(c2ccc(Oc3ccccc3)cc2)C1=O)Oc1ccccc1. The zero-order valence-electron chi connectivity index (χ0n) is 19.2. The van der Waals surface area contributed by atoms with Gasteiger partial charge in [-0.3, -0.25) is 19.8 Å². The minimum atomic E-state index is -0.596. The first kappa shape index (κ1) is 23.7. The zero-order chi connectivity index (χ0) is 24.8. The van der Waals surface area contributed by atoms with Crippen molar-refractivity contribution in [1.82, 2.24) is 10.2 Å². The zero-order valence-corrected chi connectivity index (χ0v) is 20.0. The first-order valence-corrected chi connectivity index (χ1v) is 11.2. The van der Waals surface area contributed by atoms with Gasteiger partial charge in [-0.05, 0) is 60.7 Å². The maximum atomic E-state index is 13.4. The summed E-state index contributed by atoms with van der Waals surface area (Å²) in [5.41, 5.74) is 0.390. The first-order valence-electron chi connectivity index (χ1n) is 10.8. The van der Waals surface area contributed by atoms with Crippen LogP contribution in [-0.2, 0) is 9.59 Å². The molecule has 0 radical (unpaired) electrons. The average molecular weight is 486 g/mol. The summed E-state index contributed by atoms with van der Waals surface area (Å²) in [6, 6.07) is 25.3. The van der Waals surface area contributed by atoms with Crippen molar-refractivity contribution in [3.8, 4) is 17.2 Å². The summed E-state index contributed by atoms with van der Waals surface area (Å²) in [5.74, 6) is 1.03. The first-order chi connectivity index (χ1) is 16.9. The third kappa shape index (κ3) is 5.93. The van der Waals surface area contributed by atoms with E-state index in [2.05, 4.69) is 5.32 Å². The molecular weight excluding hydrogens is 462 g/mol. The lowest BCUT2D eigenvalue weighted by Crippen LogP contribution is -2.54. The van der Waals surface area contributed by atoms with E-state index >= 15 is 0 Å². The van der Waals surface area contributed by atoms with Crippen LogP contribution in [0.15, 0.2) is 109 Å². The highest BCUT2D eigenvalue weighted by atomic mass is 32.1. The number of allylic oxidation sites excluding steroid dienone is 1. The number of para-hydroxylation sites is 2. The fraction of sp³-hybridized carbons (Fsp3) is 0.0741. The van der Waals surface area contributed by atoms with Gasteiger partial charge in [0.1, 0.15) is 28.6 Å². The fourth-order valence-electron chi connectivity index (χ4n) is 3.29. The molecule has 0 saturated carbocycles.